The first kappa shape index (κ1) is 26.1. The van der Waals surface area contributed by atoms with Crippen LogP contribution in [0.2, 0.25) is 0 Å². The van der Waals surface area contributed by atoms with Gasteiger partial charge in [0.25, 0.3) is 5.91 Å². The summed E-state index contributed by atoms with van der Waals surface area (Å²) in [7, 11) is 3.27. The molecule has 0 spiro atoms. The van der Waals surface area contributed by atoms with Crippen LogP contribution in [0, 0.1) is 0 Å². The van der Waals surface area contributed by atoms with Crippen LogP contribution in [0.5, 0.6) is 11.5 Å². The fourth-order valence-corrected chi connectivity index (χ4v) is 5.34. The van der Waals surface area contributed by atoms with E-state index in [0.29, 0.717) is 17.6 Å². The molecule has 3 aliphatic rings. The predicted octanol–water partition coefficient (Wildman–Crippen LogP) is 3.34. The van der Waals surface area contributed by atoms with Crippen LogP contribution in [0.15, 0.2) is 69.4 Å². The van der Waals surface area contributed by atoms with Crippen LogP contribution >= 0.6 is 15.9 Å². The van der Waals surface area contributed by atoms with E-state index in [1.165, 1.54) is 5.56 Å². The number of benzene rings is 2. The number of aliphatic imine (C=N–C) groups is 1. The van der Waals surface area contributed by atoms with E-state index in [0.717, 1.165) is 59.7 Å². The van der Waals surface area contributed by atoms with Gasteiger partial charge in [-0.2, -0.15) is 0 Å². The third-order valence-corrected chi connectivity index (χ3v) is 7.62. The number of halogens is 1. The average molecular weight is 582 g/mol. The van der Waals surface area contributed by atoms with Crippen LogP contribution in [-0.4, -0.2) is 63.3 Å². The van der Waals surface area contributed by atoms with E-state index in [1.807, 2.05) is 36.4 Å². The van der Waals surface area contributed by atoms with Crippen molar-refractivity contribution >= 4 is 33.9 Å². The van der Waals surface area contributed by atoms with Crippen molar-refractivity contribution in [1.29, 1.82) is 0 Å². The van der Waals surface area contributed by atoms with Crippen LogP contribution in [0.25, 0.3) is 5.76 Å². The number of methoxy groups -OCH3 is 1. The molecule has 0 aliphatic carbocycles. The monoisotopic (exact) mass is 581 g/mol. The number of hydrogen-bond donors (Lipinski definition) is 3. The molecule has 1 saturated heterocycles. The lowest BCUT2D eigenvalue weighted by Gasteiger charge is -2.35. The van der Waals surface area contributed by atoms with E-state index in [2.05, 4.69) is 53.9 Å². The lowest BCUT2D eigenvalue weighted by molar-refractivity contribution is -0.122. The van der Waals surface area contributed by atoms with Gasteiger partial charge in [-0.15, -0.1) is 0 Å². The summed E-state index contributed by atoms with van der Waals surface area (Å²) in [5.74, 6) is 2.02. The van der Waals surface area contributed by atoms with Crippen molar-refractivity contribution in [2.75, 3.05) is 33.9 Å². The van der Waals surface area contributed by atoms with Gasteiger partial charge in [0.15, 0.2) is 6.61 Å². The minimum Gasteiger partial charge on any atom is -0.497 e. The van der Waals surface area contributed by atoms with Gasteiger partial charge in [0.2, 0.25) is 6.23 Å². The molecule has 3 aliphatic heterocycles. The highest BCUT2D eigenvalue weighted by atomic mass is 79.9. The number of likely N-dealkylation sites (tertiary alicyclic amines) is 1. The molecule has 10 heteroatoms. The third-order valence-electron chi connectivity index (χ3n) is 6.86. The lowest BCUT2D eigenvalue weighted by Crippen LogP contribution is -2.43. The highest BCUT2D eigenvalue weighted by molar-refractivity contribution is 9.12. The second kappa shape index (κ2) is 11.9. The average Bonchev–Trinajstić information content (AvgIpc) is 3.43. The van der Waals surface area contributed by atoms with Crippen molar-refractivity contribution in [3.63, 3.8) is 0 Å². The van der Waals surface area contributed by atoms with Crippen LogP contribution < -0.4 is 25.4 Å². The molecule has 200 valence electrons. The summed E-state index contributed by atoms with van der Waals surface area (Å²) in [6, 6.07) is 16.1. The van der Waals surface area contributed by atoms with Gasteiger partial charge in [-0.05, 0) is 70.7 Å². The molecule has 1 fully saturated rings. The predicted molar refractivity (Wildman–Crippen MR) is 150 cm³/mol. The van der Waals surface area contributed by atoms with Gasteiger partial charge in [0, 0.05) is 38.3 Å². The van der Waals surface area contributed by atoms with Gasteiger partial charge in [0.1, 0.15) is 23.0 Å². The Morgan fingerprint density at radius 1 is 1.13 bits per heavy atom. The molecule has 3 heterocycles. The number of carbonyl (C=O) groups excluding carboxylic acids is 1. The second-order valence-corrected chi connectivity index (χ2v) is 10.1. The molecule has 1 atom stereocenters. The molecule has 0 saturated carbocycles. The minimum absolute atomic E-state index is 0.0275. The number of amides is 1. The maximum atomic E-state index is 11.5. The standard InChI is InChI=1S/C28H32BrN5O4/c1-30-23(35)16-37-22-9-5-19(6-10-22)27-24(29)25(26-28(38-27)32-17-31-26)33-20-11-13-34(14-12-20)15-18-3-7-21(36-2)8-4-18/h3-10,17,20,28,33H,11-16H2,1-2H3,(H,30,35)(H,31,32). The Bertz CT molecular complexity index is 1230. The number of rotatable bonds is 9. The Morgan fingerprint density at radius 2 is 1.84 bits per heavy atom. The number of hydrogen-bond acceptors (Lipinski definition) is 8. The maximum absolute atomic E-state index is 11.5. The minimum atomic E-state index is -0.423. The molecule has 0 aromatic heterocycles. The van der Waals surface area contributed by atoms with Crippen molar-refractivity contribution in [2.45, 2.75) is 31.7 Å². The van der Waals surface area contributed by atoms with Gasteiger partial charge < -0.3 is 30.2 Å². The van der Waals surface area contributed by atoms with E-state index in [1.54, 1.807) is 20.5 Å². The molecular formula is C28H32BrN5O4. The summed E-state index contributed by atoms with van der Waals surface area (Å²) in [5.41, 5.74) is 4.06. The van der Waals surface area contributed by atoms with Gasteiger partial charge in [-0.25, -0.2) is 4.99 Å². The van der Waals surface area contributed by atoms with E-state index >= 15 is 0 Å². The molecule has 1 unspecified atom stereocenters. The first-order valence-corrected chi connectivity index (χ1v) is 13.5. The SMILES string of the molecule is CNC(=O)COc1ccc(C2=C(Br)C(NC3CCN(Cc4ccc(OC)cc4)CC3)=C3NC=NC3O2)cc1. The zero-order valence-electron chi connectivity index (χ0n) is 21.5. The van der Waals surface area contributed by atoms with Crippen molar-refractivity contribution in [2.24, 2.45) is 4.99 Å². The summed E-state index contributed by atoms with van der Waals surface area (Å²) in [5, 5.41) is 9.56. The Kier molecular flexibility index (Phi) is 8.19. The Morgan fingerprint density at radius 3 is 2.53 bits per heavy atom. The second-order valence-electron chi connectivity index (χ2n) is 9.35. The van der Waals surface area contributed by atoms with Crippen LogP contribution in [0.4, 0.5) is 0 Å². The lowest BCUT2D eigenvalue weighted by atomic mass is 10.0. The number of fused-ring (bicyclic) bond motifs is 1. The van der Waals surface area contributed by atoms with Crippen molar-refractivity contribution < 1.29 is 19.0 Å². The van der Waals surface area contributed by atoms with Gasteiger partial charge in [-0.3, -0.25) is 9.69 Å². The number of piperidine rings is 1. The number of allylic oxidation sites excluding steroid dienone is 1. The molecule has 0 radical (unpaired) electrons. The zero-order valence-corrected chi connectivity index (χ0v) is 23.1. The van der Waals surface area contributed by atoms with E-state index in [9.17, 15) is 4.79 Å². The third kappa shape index (κ3) is 5.97. The molecule has 5 rings (SSSR count). The largest absolute Gasteiger partial charge is 0.497 e. The maximum Gasteiger partial charge on any atom is 0.257 e. The summed E-state index contributed by atoms with van der Waals surface area (Å²) in [6.45, 7) is 2.94. The van der Waals surface area contributed by atoms with Crippen molar-refractivity contribution in [3.05, 3.63) is 75.5 Å². The van der Waals surface area contributed by atoms with Crippen molar-refractivity contribution in [1.82, 2.24) is 20.9 Å². The van der Waals surface area contributed by atoms with Gasteiger partial charge in [0.05, 0.1) is 23.6 Å². The number of carbonyl (C=O) groups is 1. The number of likely N-dealkylation sites (N-methyl/N-ethyl adjacent to an activating group) is 1. The summed E-state index contributed by atoms with van der Waals surface area (Å²) >= 11 is 3.80. The van der Waals surface area contributed by atoms with Crippen LogP contribution in [0.3, 0.4) is 0 Å². The first-order chi connectivity index (χ1) is 18.5. The highest BCUT2D eigenvalue weighted by Crippen LogP contribution is 2.38. The first-order valence-electron chi connectivity index (χ1n) is 12.7. The normalized spacial score (nSPS) is 19.5. The number of nitrogens with zero attached hydrogens (tertiary/aromatic N) is 2. The molecule has 38 heavy (non-hydrogen) atoms. The van der Waals surface area contributed by atoms with Gasteiger partial charge >= 0.3 is 0 Å². The Hall–Kier alpha value is -3.50. The Labute approximate surface area is 231 Å². The smallest absolute Gasteiger partial charge is 0.257 e. The van der Waals surface area contributed by atoms with Crippen LogP contribution in [0.1, 0.15) is 24.0 Å². The van der Waals surface area contributed by atoms with E-state index < -0.39 is 6.23 Å². The zero-order chi connectivity index (χ0) is 26.5. The highest BCUT2D eigenvalue weighted by Gasteiger charge is 2.34. The molecule has 1 amide bonds. The summed E-state index contributed by atoms with van der Waals surface area (Å²) in [4.78, 5) is 18.4. The molecule has 3 N–H and O–H groups in total. The van der Waals surface area contributed by atoms with Crippen molar-refractivity contribution in [3.8, 4) is 11.5 Å². The molecule has 9 nitrogen and oxygen atoms in total. The summed E-state index contributed by atoms with van der Waals surface area (Å²) < 4.78 is 17.9. The van der Waals surface area contributed by atoms with Gasteiger partial charge in [-0.1, -0.05) is 12.1 Å². The van der Waals surface area contributed by atoms with E-state index in [-0.39, 0.29) is 12.5 Å². The number of nitrogens with one attached hydrogen (secondary N) is 3. The fraction of sp³-hybridized carbons (Fsp3) is 0.357. The fourth-order valence-electron chi connectivity index (χ4n) is 4.69. The molecule has 2 aromatic carbocycles. The molecule has 0 bridgehead atoms. The van der Waals surface area contributed by atoms with E-state index in [4.69, 9.17) is 14.2 Å². The topological polar surface area (TPSA) is 96.5 Å². The Balaban J connectivity index is 1.24. The molecule has 2 aromatic rings. The quantitative estimate of drug-likeness (QED) is 0.418. The summed E-state index contributed by atoms with van der Waals surface area (Å²) in [6.07, 6.45) is 3.32. The number of ether oxygens (including phenoxy) is 3. The van der Waals surface area contributed by atoms with Crippen LogP contribution in [-0.2, 0) is 16.1 Å². The molecular weight excluding hydrogens is 550 g/mol.